The van der Waals surface area contributed by atoms with Crippen LogP contribution in [-0.4, -0.2) is 40.1 Å². The van der Waals surface area contributed by atoms with Gasteiger partial charge in [-0.2, -0.15) is 13.2 Å². The highest BCUT2D eigenvalue weighted by Gasteiger charge is 2.37. The number of ether oxygens (including phenoxy) is 1. The molecule has 0 spiro atoms. The fraction of sp³-hybridized carbons (Fsp3) is 0.533. The van der Waals surface area contributed by atoms with E-state index in [1.54, 1.807) is 0 Å². The number of halogens is 4. The molecule has 2 N–H and O–H groups in total. The largest absolute Gasteiger partial charge is 0.465 e. The zero-order valence-electron chi connectivity index (χ0n) is 14.1. The van der Waals surface area contributed by atoms with E-state index in [1.807, 2.05) is 6.92 Å². The number of carbonyl (C=O) groups is 1. The van der Waals surface area contributed by atoms with Gasteiger partial charge >= 0.3 is 12.1 Å². The molecule has 1 fully saturated rings. The molecular formula is C15H20ClF3N2O4S. The average molecular weight is 417 g/mol. The van der Waals surface area contributed by atoms with Gasteiger partial charge in [-0.25, -0.2) is 17.9 Å². The van der Waals surface area contributed by atoms with Crippen LogP contribution in [0.25, 0.3) is 0 Å². The predicted octanol–water partition coefficient (Wildman–Crippen LogP) is 2.33. The first kappa shape index (κ1) is 22.7. The second kappa shape index (κ2) is 8.55. The lowest BCUT2D eigenvalue weighted by molar-refractivity contribution is -0.138. The minimum Gasteiger partial charge on any atom is -0.465 e. The molecule has 0 aromatic heterocycles. The van der Waals surface area contributed by atoms with Gasteiger partial charge in [0.05, 0.1) is 23.1 Å². The topological polar surface area (TPSA) is 84.5 Å². The summed E-state index contributed by atoms with van der Waals surface area (Å²) in [5.74, 6) is -1.18. The van der Waals surface area contributed by atoms with Crippen LogP contribution in [0.5, 0.6) is 0 Å². The number of methoxy groups -OCH3 is 1. The van der Waals surface area contributed by atoms with Crippen LogP contribution in [0.1, 0.15) is 35.7 Å². The van der Waals surface area contributed by atoms with Crippen molar-refractivity contribution < 1.29 is 31.1 Å². The smallest absolute Gasteiger partial charge is 0.417 e. The van der Waals surface area contributed by atoms with E-state index in [0.29, 0.717) is 25.5 Å². The van der Waals surface area contributed by atoms with Crippen molar-refractivity contribution in [2.45, 2.75) is 42.9 Å². The molecular weight excluding hydrogens is 397 g/mol. The summed E-state index contributed by atoms with van der Waals surface area (Å²) in [6.45, 7) is 2.51. The summed E-state index contributed by atoms with van der Waals surface area (Å²) in [5, 5.41) is 3.16. The molecule has 1 aliphatic heterocycles. The van der Waals surface area contributed by atoms with Crippen molar-refractivity contribution >= 4 is 28.4 Å². The molecule has 148 valence electrons. The molecule has 2 rings (SSSR count). The summed E-state index contributed by atoms with van der Waals surface area (Å²) in [7, 11) is -3.19. The lowest BCUT2D eigenvalue weighted by Gasteiger charge is -2.28. The van der Waals surface area contributed by atoms with Crippen molar-refractivity contribution in [1.82, 2.24) is 10.0 Å². The number of nitrogens with one attached hydrogen (secondary N) is 2. The van der Waals surface area contributed by atoms with Crippen LogP contribution in [0, 0.1) is 0 Å². The van der Waals surface area contributed by atoms with E-state index < -0.39 is 38.2 Å². The fourth-order valence-corrected chi connectivity index (χ4v) is 4.05. The molecule has 6 nitrogen and oxygen atoms in total. The summed E-state index contributed by atoms with van der Waals surface area (Å²) >= 11 is 0. The number of sulfonamides is 1. The van der Waals surface area contributed by atoms with E-state index in [-0.39, 0.29) is 24.5 Å². The van der Waals surface area contributed by atoms with Crippen molar-refractivity contribution in [3.8, 4) is 0 Å². The van der Waals surface area contributed by atoms with E-state index >= 15 is 0 Å². The number of alkyl halides is 3. The maximum absolute atomic E-state index is 13.2. The van der Waals surface area contributed by atoms with Crippen LogP contribution in [-0.2, 0) is 20.9 Å². The Labute approximate surface area is 155 Å². The lowest BCUT2D eigenvalue weighted by atomic mass is 10.0. The highest BCUT2D eigenvalue weighted by Crippen LogP contribution is 2.34. The molecule has 1 aromatic rings. The van der Waals surface area contributed by atoms with Crippen molar-refractivity contribution in [1.29, 1.82) is 0 Å². The molecule has 0 bridgehead atoms. The second-order valence-corrected chi connectivity index (χ2v) is 7.61. The van der Waals surface area contributed by atoms with Gasteiger partial charge in [0, 0.05) is 12.1 Å². The quantitative estimate of drug-likeness (QED) is 0.736. The normalized spacial score (nSPS) is 21.0. The van der Waals surface area contributed by atoms with E-state index in [2.05, 4.69) is 14.8 Å². The minimum absolute atomic E-state index is 0. The Kier molecular flexibility index (Phi) is 7.46. The first-order chi connectivity index (χ1) is 11.5. The Bertz CT molecular complexity index is 756. The average Bonchev–Trinajstić information content (AvgIpc) is 2.52. The predicted molar refractivity (Wildman–Crippen MR) is 90.8 cm³/mol. The third kappa shape index (κ3) is 5.32. The van der Waals surface area contributed by atoms with Crippen LogP contribution in [0.15, 0.2) is 23.1 Å². The van der Waals surface area contributed by atoms with Gasteiger partial charge in [-0.3, -0.25) is 0 Å². The van der Waals surface area contributed by atoms with Crippen molar-refractivity contribution in [2.75, 3.05) is 13.7 Å². The van der Waals surface area contributed by atoms with Crippen molar-refractivity contribution in [3.05, 3.63) is 29.3 Å². The van der Waals surface area contributed by atoms with Crippen LogP contribution >= 0.6 is 12.4 Å². The Morgan fingerprint density at radius 3 is 2.54 bits per heavy atom. The molecule has 2 atom stereocenters. The zero-order valence-corrected chi connectivity index (χ0v) is 15.7. The summed E-state index contributed by atoms with van der Waals surface area (Å²) in [6, 6.07) is 1.98. The van der Waals surface area contributed by atoms with Gasteiger partial charge in [-0.05, 0) is 44.5 Å². The van der Waals surface area contributed by atoms with Gasteiger partial charge in [-0.1, -0.05) is 0 Å². The molecule has 0 radical (unpaired) electrons. The third-order valence-electron chi connectivity index (χ3n) is 3.96. The van der Waals surface area contributed by atoms with Crippen LogP contribution in [0.3, 0.4) is 0 Å². The van der Waals surface area contributed by atoms with E-state index in [4.69, 9.17) is 0 Å². The number of esters is 1. The van der Waals surface area contributed by atoms with E-state index in [1.165, 1.54) is 0 Å². The van der Waals surface area contributed by atoms with Gasteiger partial charge < -0.3 is 10.1 Å². The molecule has 26 heavy (non-hydrogen) atoms. The van der Waals surface area contributed by atoms with Crippen molar-refractivity contribution in [3.63, 3.8) is 0 Å². The monoisotopic (exact) mass is 416 g/mol. The van der Waals surface area contributed by atoms with Crippen LogP contribution in [0.4, 0.5) is 13.2 Å². The summed E-state index contributed by atoms with van der Waals surface area (Å²) in [6.07, 6.45) is -3.82. The van der Waals surface area contributed by atoms with Gasteiger partial charge in [0.15, 0.2) is 0 Å². The second-order valence-electron chi connectivity index (χ2n) is 5.89. The summed E-state index contributed by atoms with van der Waals surface area (Å²) < 4.78 is 71.2. The first-order valence-electron chi connectivity index (χ1n) is 7.60. The molecule has 0 amide bonds. The third-order valence-corrected chi connectivity index (χ3v) is 5.48. The van der Waals surface area contributed by atoms with Crippen LogP contribution in [0.2, 0.25) is 0 Å². The number of benzene rings is 1. The maximum atomic E-state index is 13.2. The highest BCUT2D eigenvalue weighted by atomic mass is 35.5. The molecule has 1 saturated heterocycles. The molecule has 0 saturated carbocycles. The van der Waals surface area contributed by atoms with Gasteiger partial charge in [0.25, 0.3) is 0 Å². The number of hydrogen-bond donors (Lipinski definition) is 2. The Hall–Kier alpha value is -1.36. The number of rotatable bonds is 4. The zero-order chi connectivity index (χ0) is 18.8. The number of hydrogen-bond acceptors (Lipinski definition) is 5. The summed E-state index contributed by atoms with van der Waals surface area (Å²) in [4.78, 5) is 11.0. The van der Waals surface area contributed by atoms with E-state index in [0.717, 1.165) is 19.2 Å². The standard InChI is InChI=1S/C15H19F3N2O4S.ClH/c1-9-7-10(5-6-19-9)20-25(22,23)11-3-4-12(14(21)24-2)13(8-11)15(16,17)18;/h3-4,8-10,19-20H,5-7H2,1-2H3;1H. The number of carbonyl (C=O) groups excluding carboxylic acids is 1. The molecule has 1 aromatic carbocycles. The maximum Gasteiger partial charge on any atom is 0.417 e. The first-order valence-corrected chi connectivity index (χ1v) is 9.08. The van der Waals surface area contributed by atoms with Gasteiger partial charge in [0.2, 0.25) is 10.0 Å². The van der Waals surface area contributed by atoms with Crippen molar-refractivity contribution in [2.24, 2.45) is 0 Å². The minimum atomic E-state index is -4.89. The number of piperidine rings is 1. The van der Waals surface area contributed by atoms with Gasteiger partial charge in [0.1, 0.15) is 0 Å². The van der Waals surface area contributed by atoms with Crippen LogP contribution < -0.4 is 10.0 Å². The Balaban J connectivity index is 0.00000338. The molecule has 2 unspecified atom stereocenters. The summed E-state index contributed by atoms with van der Waals surface area (Å²) in [5.41, 5.74) is -2.08. The molecule has 0 aliphatic carbocycles. The Morgan fingerprint density at radius 1 is 1.35 bits per heavy atom. The lowest BCUT2D eigenvalue weighted by Crippen LogP contribution is -2.46. The molecule has 1 heterocycles. The highest BCUT2D eigenvalue weighted by molar-refractivity contribution is 7.89. The molecule has 1 aliphatic rings. The Morgan fingerprint density at radius 2 is 2.00 bits per heavy atom. The van der Waals surface area contributed by atoms with Gasteiger partial charge in [-0.15, -0.1) is 12.4 Å². The SMILES string of the molecule is COC(=O)c1ccc(S(=O)(=O)NC2CCNC(C)C2)cc1C(F)(F)F.Cl. The molecule has 11 heteroatoms. The van der Waals surface area contributed by atoms with E-state index in [9.17, 15) is 26.4 Å². The fourth-order valence-electron chi connectivity index (χ4n) is 2.74.